The summed E-state index contributed by atoms with van der Waals surface area (Å²) in [6.45, 7) is 12.7. The van der Waals surface area contributed by atoms with Crippen molar-refractivity contribution in [2.75, 3.05) is 39.6 Å². The summed E-state index contributed by atoms with van der Waals surface area (Å²) in [6.07, 6.45) is 10.3. The summed E-state index contributed by atoms with van der Waals surface area (Å²) in [7, 11) is 0. The summed E-state index contributed by atoms with van der Waals surface area (Å²) >= 11 is 0. The van der Waals surface area contributed by atoms with Crippen LogP contribution in [0.3, 0.4) is 0 Å². The predicted molar refractivity (Wildman–Crippen MR) is 201 cm³/mol. The molecule has 0 spiro atoms. The summed E-state index contributed by atoms with van der Waals surface area (Å²) < 4.78 is 36.9. The van der Waals surface area contributed by atoms with E-state index in [9.17, 15) is 9.59 Å². The summed E-state index contributed by atoms with van der Waals surface area (Å²) in [6, 6.07) is 14.3. The summed E-state index contributed by atoms with van der Waals surface area (Å²) in [5.74, 6) is 0.945. The van der Waals surface area contributed by atoms with E-state index >= 15 is 0 Å². The van der Waals surface area contributed by atoms with E-state index in [1.54, 1.807) is 0 Å². The van der Waals surface area contributed by atoms with Gasteiger partial charge in [-0.2, -0.15) is 0 Å². The van der Waals surface area contributed by atoms with Gasteiger partial charge in [-0.1, -0.05) is 110 Å². The van der Waals surface area contributed by atoms with E-state index in [0.29, 0.717) is 37.6 Å². The maximum absolute atomic E-state index is 12.7. The second kappa shape index (κ2) is 23.9. The quantitative estimate of drug-likeness (QED) is 0.0443. The Balaban J connectivity index is 1.93. The largest absolute Gasteiger partial charge is 0.488 e. The van der Waals surface area contributed by atoms with Crippen molar-refractivity contribution in [1.82, 2.24) is 0 Å². The fourth-order valence-electron chi connectivity index (χ4n) is 5.73. The minimum atomic E-state index is -0.541. The second-order valence-corrected chi connectivity index (χ2v) is 13.1. The van der Waals surface area contributed by atoms with Crippen molar-refractivity contribution in [2.24, 2.45) is 0 Å². The van der Waals surface area contributed by atoms with E-state index in [0.717, 1.165) is 97.7 Å². The molecular weight excluding hydrogens is 632 g/mol. The van der Waals surface area contributed by atoms with Gasteiger partial charge in [0.25, 0.3) is 0 Å². The normalized spacial score (nSPS) is 12.6. The molecule has 0 radical (unpaired) electrons. The maximum atomic E-state index is 12.7. The van der Waals surface area contributed by atoms with Crippen LogP contribution in [0.5, 0.6) is 11.5 Å². The van der Waals surface area contributed by atoms with Crippen molar-refractivity contribution in [3.63, 3.8) is 0 Å². The predicted octanol–water partition coefficient (Wildman–Crippen LogP) is 9.93. The fourth-order valence-corrected chi connectivity index (χ4v) is 5.73. The number of ether oxygens (including phenoxy) is 6. The first-order chi connectivity index (χ1) is 24.4. The molecule has 2 unspecified atom stereocenters. The monoisotopic (exact) mass is 694 g/mol. The van der Waals surface area contributed by atoms with Gasteiger partial charge in [-0.25, -0.2) is 0 Å². The van der Waals surface area contributed by atoms with Crippen LogP contribution in [-0.4, -0.2) is 63.8 Å². The van der Waals surface area contributed by atoms with Crippen LogP contribution in [0, 0.1) is 0 Å². The van der Waals surface area contributed by atoms with Crippen molar-refractivity contribution in [3.05, 3.63) is 48.0 Å². The van der Waals surface area contributed by atoms with Crippen molar-refractivity contribution in [2.45, 2.75) is 130 Å². The van der Waals surface area contributed by atoms with Crippen LogP contribution in [0.2, 0.25) is 0 Å². The Kier molecular flexibility index (Phi) is 19.7. The highest BCUT2D eigenvalue weighted by atomic mass is 16.6. The Hall–Kier alpha value is -3.36. The number of aryl methyl sites for hydroxylation is 1. The Morgan fingerprint density at radius 1 is 0.540 bits per heavy atom. The maximum Gasteiger partial charge on any atom is 0.306 e. The molecule has 3 aromatic carbocycles. The average molecular weight is 695 g/mol. The van der Waals surface area contributed by atoms with Crippen LogP contribution in [-0.2, 0) is 35.0 Å². The summed E-state index contributed by atoms with van der Waals surface area (Å²) in [5.41, 5.74) is 1.16. The first kappa shape index (κ1) is 41.1. The van der Waals surface area contributed by atoms with Crippen LogP contribution >= 0.6 is 0 Å². The molecule has 0 aliphatic carbocycles. The topological polar surface area (TPSA) is 89.5 Å². The molecular formula is C42H62O8. The van der Waals surface area contributed by atoms with Gasteiger partial charge in [-0.3, -0.25) is 9.59 Å². The first-order valence-corrected chi connectivity index (χ1v) is 19.2. The molecule has 3 aromatic rings. The summed E-state index contributed by atoms with van der Waals surface area (Å²) in [5, 5.41) is 3.57. The van der Waals surface area contributed by atoms with Crippen LogP contribution in [0.15, 0.2) is 42.5 Å². The number of unbranched alkanes of at least 4 members (excludes halogenated alkanes) is 6. The van der Waals surface area contributed by atoms with Gasteiger partial charge >= 0.3 is 11.9 Å². The lowest BCUT2D eigenvalue weighted by molar-refractivity contribution is -0.155. The molecule has 0 N–H and O–H groups in total. The molecule has 3 rings (SSSR count). The van der Waals surface area contributed by atoms with Gasteiger partial charge in [-0.15, -0.1) is 0 Å². The van der Waals surface area contributed by atoms with Crippen LogP contribution in [0.1, 0.15) is 117 Å². The van der Waals surface area contributed by atoms with Crippen LogP contribution in [0.4, 0.5) is 0 Å². The highest BCUT2D eigenvalue weighted by Crippen LogP contribution is 2.43. The Labute approximate surface area is 300 Å². The number of benzene rings is 3. The fraction of sp³-hybridized carbons (Fsp3) is 0.619. The van der Waals surface area contributed by atoms with Crippen molar-refractivity contribution in [3.8, 4) is 11.5 Å². The minimum Gasteiger partial charge on any atom is -0.488 e. The molecule has 278 valence electrons. The molecule has 0 fully saturated rings. The molecule has 0 saturated carbocycles. The molecule has 0 amide bonds. The van der Waals surface area contributed by atoms with Gasteiger partial charge in [0, 0.05) is 47.6 Å². The van der Waals surface area contributed by atoms with Gasteiger partial charge in [0.15, 0.2) is 12.2 Å². The van der Waals surface area contributed by atoms with Gasteiger partial charge in [0.1, 0.15) is 24.7 Å². The molecule has 2 atom stereocenters. The van der Waals surface area contributed by atoms with Crippen LogP contribution < -0.4 is 9.47 Å². The number of hydrogen-bond acceptors (Lipinski definition) is 8. The molecule has 0 aliphatic rings. The Morgan fingerprint density at radius 3 is 1.46 bits per heavy atom. The zero-order valence-electron chi connectivity index (χ0n) is 31.4. The van der Waals surface area contributed by atoms with Gasteiger partial charge < -0.3 is 28.4 Å². The van der Waals surface area contributed by atoms with E-state index in [2.05, 4.69) is 52.8 Å². The average Bonchev–Trinajstić information content (AvgIpc) is 3.13. The van der Waals surface area contributed by atoms with Crippen molar-refractivity contribution >= 4 is 33.5 Å². The number of carbonyl (C=O) groups is 2. The smallest absolute Gasteiger partial charge is 0.306 e. The van der Waals surface area contributed by atoms with E-state index < -0.39 is 12.2 Å². The Morgan fingerprint density at radius 2 is 1.00 bits per heavy atom. The van der Waals surface area contributed by atoms with Gasteiger partial charge in [0.05, 0.1) is 13.2 Å². The van der Waals surface area contributed by atoms with E-state index in [1.165, 1.54) is 0 Å². The molecule has 50 heavy (non-hydrogen) atoms. The van der Waals surface area contributed by atoms with Gasteiger partial charge in [-0.05, 0) is 43.7 Å². The SMILES string of the molecule is CCCCCOCC(COc1c2ccccc2c(OCC(COCCCCC)OC(=O)CCCC)c2cc(CC)ccc12)OC(=O)CCCC. The number of carbonyl (C=O) groups excluding carboxylic acids is 2. The molecule has 8 heteroatoms. The number of rotatable bonds is 27. The standard InChI is InChI=1S/C42H62O8/c1-6-11-17-25-45-28-33(49-39(43)21-13-8-3)30-47-41-35-19-15-16-20-36(35)42(38-27-32(10-5)23-24-37(38)41)48-31-34(29-46-26-18-12-7-2)50-40(44)22-14-9-4/h15-16,19-20,23-24,27,33-34H,6-14,17-18,21-22,25-26,28-31H2,1-5H3. The third-order valence-corrected chi connectivity index (χ3v) is 8.68. The molecule has 8 nitrogen and oxygen atoms in total. The molecule has 0 heterocycles. The molecule has 0 aromatic heterocycles. The highest BCUT2D eigenvalue weighted by Gasteiger charge is 2.22. The van der Waals surface area contributed by atoms with Crippen molar-refractivity contribution < 1.29 is 38.0 Å². The number of hydrogen-bond donors (Lipinski definition) is 0. The zero-order chi connectivity index (χ0) is 36.0. The zero-order valence-corrected chi connectivity index (χ0v) is 31.4. The third kappa shape index (κ3) is 13.7. The number of esters is 2. The molecule has 0 aliphatic heterocycles. The second-order valence-electron chi connectivity index (χ2n) is 13.1. The lowest BCUT2D eigenvalue weighted by Crippen LogP contribution is -2.30. The lowest BCUT2D eigenvalue weighted by Gasteiger charge is -2.23. The number of fused-ring (bicyclic) bond motifs is 2. The molecule has 0 saturated heterocycles. The first-order valence-electron chi connectivity index (χ1n) is 19.2. The van der Waals surface area contributed by atoms with E-state index in [1.807, 2.05) is 24.3 Å². The van der Waals surface area contributed by atoms with Crippen LogP contribution in [0.25, 0.3) is 21.5 Å². The Bertz CT molecular complexity index is 1420. The highest BCUT2D eigenvalue weighted by molar-refractivity contribution is 6.11. The van der Waals surface area contributed by atoms with E-state index in [4.69, 9.17) is 28.4 Å². The summed E-state index contributed by atoms with van der Waals surface area (Å²) in [4.78, 5) is 25.3. The third-order valence-electron chi connectivity index (χ3n) is 8.68. The minimum absolute atomic E-state index is 0.158. The lowest BCUT2D eigenvalue weighted by atomic mass is 9.98. The van der Waals surface area contributed by atoms with Gasteiger partial charge in [0.2, 0.25) is 0 Å². The van der Waals surface area contributed by atoms with Crippen molar-refractivity contribution in [1.29, 1.82) is 0 Å². The molecule has 0 bridgehead atoms. The van der Waals surface area contributed by atoms with E-state index in [-0.39, 0.29) is 38.4 Å².